The van der Waals surface area contributed by atoms with Gasteiger partial charge in [-0.2, -0.15) is 0 Å². The van der Waals surface area contributed by atoms with E-state index >= 15 is 0 Å². The van der Waals surface area contributed by atoms with E-state index in [1.807, 2.05) is 0 Å². The highest BCUT2D eigenvalue weighted by Gasteiger charge is 2.20. The first kappa shape index (κ1) is 78.1. The molecule has 1 unspecified atom stereocenters. The summed E-state index contributed by atoms with van der Waals surface area (Å²) >= 11 is 0. The second-order valence-electron chi connectivity index (χ2n) is 25.2. The molecule has 0 aliphatic heterocycles. The minimum Gasteiger partial charge on any atom is -0.462 e. The minimum atomic E-state index is -0.769. The molecule has 80 heavy (non-hydrogen) atoms. The molecule has 0 fully saturated rings. The van der Waals surface area contributed by atoms with Gasteiger partial charge < -0.3 is 14.2 Å². The first-order valence-corrected chi connectivity index (χ1v) is 36.7. The molecule has 0 spiro atoms. The van der Waals surface area contributed by atoms with Crippen molar-refractivity contribution in [2.24, 2.45) is 0 Å². The number of carbonyl (C=O) groups is 3. The van der Waals surface area contributed by atoms with Crippen LogP contribution in [0.3, 0.4) is 0 Å². The Morgan fingerprint density at radius 3 is 0.637 bits per heavy atom. The summed E-state index contributed by atoms with van der Waals surface area (Å²) < 4.78 is 17.0. The number of esters is 3. The van der Waals surface area contributed by atoms with Crippen molar-refractivity contribution in [2.75, 3.05) is 13.2 Å². The molecule has 0 rings (SSSR count). The third kappa shape index (κ3) is 66.9. The molecule has 6 heteroatoms. The molecule has 0 amide bonds. The van der Waals surface area contributed by atoms with E-state index in [1.165, 1.54) is 321 Å². The molecule has 0 aliphatic rings. The van der Waals surface area contributed by atoms with Crippen molar-refractivity contribution in [1.82, 2.24) is 0 Å². The van der Waals surface area contributed by atoms with Crippen LogP contribution in [0.25, 0.3) is 0 Å². The summed E-state index contributed by atoms with van der Waals surface area (Å²) in [5.74, 6) is -0.840. The number of allylic oxidation sites excluding steroid dienone is 2. The number of hydrogen-bond donors (Lipinski definition) is 0. The summed E-state index contributed by atoms with van der Waals surface area (Å²) in [4.78, 5) is 38.4. The van der Waals surface area contributed by atoms with E-state index in [-0.39, 0.29) is 31.1 Å². The molecule has 0 heterocycles. The Morgan fingerprint density at radius 1 is 0.237 bits per heavy atom. The van der Waals surface area contributed by atoms with Crippen LogP contribution in [0.2, 0.25) is 0 Å². The summed E-state index contributed by atoms with van der Waals surface area (Å²) in [5.41, 5.74) is 0. The van der Waals surface area contributed by atoms with Gasteiger partial charge in [-0.1, -0.05) is 373 Å². The lowest BCUT2D eigenvalue weighted by molar-refractivity contribution is -0.167. The fraction of sp³-hybridized carbons (Fsp3) is 0.932. The maximum Gasteiger partial charge on any atom is 0.306 e. The van der Waals surface area contributed by atoms with Gasteiger partial charge in [0, 0.05) is 19.3 Å². The molecule has 0 aromatic rings. The Morgan fingerprint density at radius 2 is 0.412 bits per heavy atom. The first-order chi connectivity index (χ1) is 39.5. The van der Waals surface area contributed by atoms with Gasteiger partial charge in [0.05, 0.1) is 0 Å². The maximum atomic E-state index is 12.9. The largest absolute Gasteiger partial charge is 0.462 e. The molecule has 0 bridgehead atoms. The van der Waals surface area contributed by atoms with Gasteiger partial charge in [-0.15, -0.1) is 0 Å². The molecular weight excluding hydrogens is 985 g/mol. The fourth-order valence-corrected chi connectivity index (χ4v) is 11.5. The van der Waals surface area contributed by atoms with Crippen LogP contribution >= 0.6 is 0 Å². The predicted molar refractivity (Wildman–Crippen MR) is 349 cm³/mol. The van der Waals surface area contributed by atoms with Crippen LogP contribution in [0.5, 0.6) is 0 Å². The average molecular weight is 1130 g/mol. The van der Waals surface area contributed by atoms with E-state index < -0.39 is 6.10 Å². The van der Waals surface area contributed by atoms with Crippen LogP contribution in [-0.4, -0.2) is 37.2 Å². The lowest BCUT2D eigenvalue weighted by atomic mass is 10.0. The summed E-state index contributed by atoms with van der Waals surface area (Å²) in [6, 6.07) is 0. The molecule has 0 saturated heterocycles. The Bertz CT molecular complexity index is 1250. The van der Waals surface area contributed by atoms with Crippen molar-refractivity contribution >= 4 is 17.9 Å². The lowest BCUT2D eigenvalue weighted by Crippen LogP contribution is -2.30. The second kappa shape index (κ2) is 69.6. The molecular formula is C74H142O6. The Balaban J connectivity index is 4.11. The minimum absolute atomic E-state index is 0.0657. The molecule has 0 radical (unpaired) electrons. The highest BCUT2D eigenvalue weighted by atomic mass is 16.6. The molecule has 0 N–H and O–H groups in total. The van der Waals surface area contributed by atoms with Crippen LogP contribution < -0.4 is 0 Å². The van der Waals surface area contributed by atoms with Gasteiger partial charge in [-0.25, -0.2) is 0 Å². The number of ether oxygens (including phenoxy) is 3. The normalized spacial score (nSPS) is 12.0. The zero-order chi connectivity index (χ0) is 57.8. The third-order valence-electron chi connectivity index (χ3n) is 17.0. The molecule has 0 aromatic carbocycles. The first-order valence-electron chi connectivity index (χ1n) is 36.7. The smallest absolute Gasteiger partial charge is 0.306 e. The second-order valence-corrected chi connectivity index (χ2v) is 25.2. The van der Waals surface area contributed by atoms with E-state index in [9.17, 15) is 14.4 Å². The number of rotatable bonds is 69. The van der Waals surface area contributed by atoms with Gasteiger partial charge >= 0.3 is 17.9 Å². The predicted octanol–water partition coefficient (Wildman–Crippen LogP) is 25.2. The zero-order valence-corrected chi connectivity index (χ0v) is 54.6. The zero-order valence-electron chi connectivity index (χ0n) is 54.6. The summed E-state index contributed by atoms with van der Waals surface area (Å²) in [5, 5.41) is 0. The SMILES string of the molecule is CCCCCC/C=C\CCCCCCCC(=O)OCC(COC(=O)CCCCCCCCCCCCCCCCCCCCCCCCCCCCCCCCC)OC(=O)CCCCCCCCCCCCCCCCCCCC. The Kier molecular flexibility index (Phi) is 68.0. The standard InChI is InChI=1S/C74H142O6/c1-4-7-10-13-16-19-22-25-27-29-31-32-33-34-35-36-37-38-39-40-41-42-43-45-46-49-52-55-58-61-64-67-73(76)79-70-71(69-78-72(75)66-63-60-57-54-51-48-24-21-18-15-12-9-6-3)80-74(77)68-65-62-59-56-53-50-47-44-30-28-26-23-20-17-14-11-8-5-2/h21,24,71H,4-20,22-23,25-70H2,1-3H3/b24-21-. The van der Waals surface area contributed by atoms with Crippen molar-refractivity contribution in [3.05, 3.63) is 12.2 Å². The van der Waals surface area contributed by atoms with Crippen LogP contribution in [0.1, 0.15) is 425 Å². The van der Waals surface area contributed by atoms with Crippen LogP contribution in [-0.2, 0) is 28.6 Å². The van der Waals surface area contributed by atoms with Crippen molar-refractivity contribution in [3.8, 4) is 0 Å². The average Bonchev–Trinajstić information content (AvgIpc) is 3.46. The molecule has 6 nitrogen and oxygen atoms in total. The van der Waals surface area contributed by atoms with E-state index in [2.05, 4.69) is 32.9 Å². The molecule has 1 atom stereocenters. The summed E-state index contributed by atoms with van der Waals surface area (Å²) in [6.07, 6.45) is 84.1. The van der Waals surface area contributed by atoms with Crippen LogP contribution in [0.15, 0.2) is 12.2 Å². The number of hydrogen-bond acceptors (Lipinski definition) is 6. The topological polar surface area (TPSA) is 78.9 Å². The quantitative estimate of drug-likeness (QED) is 0.0261. The summed E-state index contributed by atoms with van der Waals surface area (Å²) in [7, 11) is 0. The van der Waals surface area contributed by atoms with Gasteiger partial charge in [-0.3, -0.25) is 14.4 Å². The highest BCUT2D eigenvalue weighted by Crippen LogP contribution is 2.19. The molecule has 0 aliphatic carbocycles. The van der Waals surface area contributed by atoms with Crippen molar-refractivity contribution in [3.63, 3.8) is 0 Å². The van der Waals surface area contributed by atoms with E-state index in [1.54, 1.807) is 0 Å². The Labute approximate surface area is 501 Å². The van der Waals surface area contributed by atoms with Gasteiger partial charge in [0.1, 0.15) is 13.2 Å². The van der Waals surface area contributed by atoms with Crippen LogP contribution in [0, 0.1) is 0 Å². The molecule has 474 valence electrons. The molecule has 0 saturated carbocycles. The van der Waals surface area contributed by atoms with Gasteiger partial charge in [0.15, 0.2) is 6.10 Å². The highest BCUT2D eigenvalue weighted by molar-refractivity contribution is 5.71. The van der Waals surface area contributed by atoms with E-state index in [4.69, 9.17) is 14.2 Å². The monoisotopic (exact) mass is 1130 g/mol. The third-order valence-corrected chi connectivity index (χ3v) is 17.0. The fourth-order valence-electron chi connectivity index (χ4n) is 11.5. The summed E-state index contributed by atoms with van der Waals surface area (Å²) in [6.45, 7) is 6.71. The van der Waals surface area contributed by atoms with Crippen molar-refractivity contribution < 1.29 is 28.6 Å². The maximum absolute atomic E-state index is 12.9. The van der Waals surface area contributed by atoms with Crippen LogP contribution in [0.4, 0.5) is 0 Å². The lowest BCUT2D eigenvalue weighted by Gasteiger charge is -2.18. The van der Waals surface area contributed by atoms with Gasteiger partial charge in [0.25, 0.3) is 0 Å². The van der Waals surface area contributed by atoms with Gasteiger partial charge in [-0.05, 0) is 44.9 Å². The number of unbranched alkanes of at least 4 members (excludes halogenated alkanes) is 56. The molecule has 0 aromatic heterocycles. The van der Waals surface area contributed by atoms with Gasteiger partial charge in [0.2, 0.25) is 0 Å². The number of carbonyl (C=O) groups excluding carboxylic acids is 3. The Hall–Kier alpha value is -1.85. The van der Waals surface area contributed by atoms with Crippen molar-refractivity contribution in [2.45, 2.75) is 431 Å². The van der Waals surface area contributed by atoms with Crippen molar-refractivity contribution in [1.29, 1.82) is 0 Å². The van der Waals surface area contributed by atoms with E-state index in [0.29, 0.717) is 19.3 Å². The van der Waals surface area contributed by atoms with E-state index in [0.717, 1.165) is 64.2 Å².